The highest BCUT2D eigenvalue weighted by Gasteiger charge is 2.30. The Labute approximate surface area is 125 Å². The quantitative estimate of drug-likeness (QED) is 0.858. The van der Waals surface area contributed by atoms with Gasteiger partial charge in [-0.1, -0.05) is 34.8 Å². The smallest absolute Gasteiger partial charge is 0.332 e. The molecule has 0 bridgehead atoms. The molecular formula is C12H11Cl3O4. The predicted octanol–water partition coefficient (Wildman–Crippen LogP) is 3.66. The number of carboxylic acid groups (broad SMARTS) is 1. The highest BCUT2D eigenvalue weighted by Crippen LogP contribution is 2.34. The zero-order valence-electron chi connectivity index (χ0n) is 9.74. The molecule has 1 heterocycles. The Bertz CT molecular complexity index is 492. The van der Waals surface area contributed by atoms with Gasteiger partial charge in [-0.05, 0) is 18.9 Å². The molecular weight excluding hydrogens is 314 g/mol. The highest BCUT2D eigenvalue weighted by molar-refractivity contribution is 6.43. The standard InChI is InChI=1S/C12H11Cl3O4/c13-7-3-9(15)11(4-8(7)14)18-5-6-1-2-10(19-6)12(16)17/h3-4,6,10H,1-2,5H2,(H,16,17). The second-order valence-corrected chi connectivity index (χ2v) is 5.39. The number of ether oxygens (including phenoxy) is 2. The van der Waals surface area contributed by atoms with E-state index in [1.807, 2.05) is 0 Å². The molecule has 2 unspecified atom stereocenters. The summed E-state index contributed by atoms with van der Waals surface area (Å²) in [6.07, 6.45) is 0.110. The molecule has 1 aromatic rings. The van der Waals surface area contributed by atoms with E-state index in [1.165, 1.54) is 12.1 Å². The van der Waals surface area contributed by atoms with Crippen molar-refractivity contribution in [2.75, 3.05) is 6.61 Å². The summed E-state index contributed by atoms with van der Waals surface area (Å²) >= 11 is 17.6. The van der Waals surface area contributed by atoms with Crippen LogP contribution >= 0.6 is 34.8 Å². The molecule has 1 aromatic carbocycles. The van der Waals surface area contributed by atoms with Crippen LogP contribution in [0.4, 0.5) is 0 Å². The van der Waals surface area contributed by atoms with Crippen molar-refractivity contribution in [3.05, 3.63) is 27.2 Å². The van der Waals surface area contributed by atoms with E-state index in [-0.39, 0.29) is 12.7 Å². The molecule has 1 N–H and O–H groups in total. The first kappa shape index (κ1) is 14.7. The largest absolute Gasteiger partial charge is 0.489 e. The maximum absolute atomic E-state index is 10.7. The third-order valence-electron chi connectivity index (χ3n) is 2.78. The Kier molecular flexibility index (Phi) is 4.79. The molecule has 1 aliphatic heterocycles. The van der Waals surface area contributed by atoms with Gasteiger partial charge < -0.3 is 14.6 Å². The van der Waals surface area contributed by atoms with E-state index >= 15 is 0 Å². The monoisotopic (exact) mass is 324 g/mol. The topological polar surface area (TPSA) is 55.8 Å². The Morgan fingerprint density at radius 2 is 1.95 bits per heavy atom. The maximum atomic E-state index is 10.7. The molecule has 1 saturated heterocycles. The lowest BCUT2D eigenvalue weighted by Crippen LogP contribution is -2.23. The summed E-state index contributed by atoms with van der Waals surface area (Å²) in [6.45, 7) is 0.224. The van der Waals surface area contributed by atoms with Crippen molar-refractivity contribution < 1.29 is 19.4 Å². The van der Waals surface area contributed by atoms with E-state index in [0.717, 1.165) is 0 Å². The number of benzene rings is 1. The Hall–Kier alpha value is -0.680. The maximum Gasteiger partial charge on any atom is 0.332 e. The number of hydrogen-bond acceptors (Lipinski definition) is 3. The molecule has 19 heavy (non-hydrogen) atoms. The van der Waals surface area contributed by atoms with Crippen molar-refractivity contribution >= 4 is 40.8 Å². The normalized spacial score (nSPS) is 22.5. The van der Waals surface area contributed by atoms with Crippen LogP contribution in [-0.2, 0) is 9.53 Å². The summed E-state index contributed by atoms with van der Waals surface area (Å²) in [5.41, 5.74) is 0. The number of aliphatic carboxylic acids is 1. The summed E-state index contributed by atoms with van der Waals surface area (Å²) in [6, 6.07) is 3.02. The molecule has 2 atom stereocenters. The predicted molar refractivity (Wildman–Crippen MR) is 72.5 cm³/mol. The van der Waals surface area contributed by atoms with Crippen LogP contribution in [0.3, 0.4) is 0 Å². The fraction of sp³-hybridized carbons (Fsp3) is 0.417. The summed E-state index contributed by atoms with van der Waals surface area (Å²) in [7, 11) is 0. The SMILES string of the molecule is O=C(O)C1CCC(COc2cc(Cl)c(Cl)cc2Cl)O1. The van der Waals surface area contributed by atoms with Crippen LogP contribution in [0.5, 0.6) is 5.75 Å². The number of carboxylic acids is 1. The fourth-order valence-corrected chi connectivity index (χ4v) is 2.40. The van der Waals surface area contributed by atoms with E-state index in [2.05, 4.69) is 0 Å². The summed E-state index contributed by atoms with van der Waals surface area (Å²) in [5.74, 6) is -0.548. The second-order valence-electron chi connectivity index (χ2n) is 4.17. The van der Waals surface area contributed by atoms with Crippen LogP contribution < -0.4 is 4.74 Å². The number of rotatable bonds is 4. The van der Waals surface area contributed by atoms with Gasteiger partial charge >= 0.3 is 5.97 Å². The molecule has 104 valence electrons. The minimum Gasteiger partial charge on any atom is -0.489 e. The second kappa shape index (κ2) is 6.18. The lowest BCUT2D eigenvalue weighted by atomic mass is 10.2. The summed E-state index contributed by atoms with van der Waals surface area (Å²) in [5, 5.41) is 9.85. The molecule has 1 fully saturated rings. The highest BCUT2D eigenvalue weighted by atomic mass is 35.5. The van der Waals surface area contributed by atoms with E-state index < -0.39 is 12.1 Å². The Balaban J connectivity index is 1.93. The van der Waals surface area contributed by atoms with Crippen LogP contribution in [0.2, 0.25) is 15.1 Å². The van der Waals surface area contributed by atoms with Gasteiger partial charge in [0.2, 0.25) is 0 Å². The summed E-state index contributed by atoms with van der Waals surface area (Å²) in [4.78, 5) is 10.7. The van der Waals surface area contributed by atoms with Gasteiger partial charge in [0.05, 0.1) is 21.2 Å². The Morgan fingerprint density at radius 3 is 2.58 bits per heavy atom. The van der Waals surface area contributed by atoms with Gasteiger partial charge in [0.25, 0.3) is 0 Å². The van der Waals surface area contributed by atoms with E-state index in [1.54, 1.807) is 0 Å². The van der Waals surface area contributed by atoms with Gasteiger partial charge in [-0.3, -0.25) is 0 Å². The van der Waals surface area contributed by atoms with Gasteiger partial charge in [-0.25, -0.2) is 4.79 Å². The van der Waals surface area contributed by atoms with Crippen molar-refractivity contribution in [3.63, 3.8) is 0 Å². The van der Waals surface area contributed by atoms with E-state index in [0.29, 0.717) is 33.7 Å². The van der Waals surface area contributed by atoms with E-state index in [4.69, 9.17) is 49.4 Å². The number of carbonyl (C=O) groups is 1. The first-order valence-electron chi connectivity index (χ1n) is 5.63. The van der Waals surface area contributed by atoms with Crippen LogP contribution in [0.25, 0.3) is 0 Å². The molecule has 4 nitrogen and oxygen atoms in total. The third-order valence-corrected chi connectivity index (χ3v) is 3.80. The van der Waals surface area contributed by atoms with E-state index in [9.17, 15) is 4.79 Å². The molecule has 7 heteroatoms. The van der Waals surface area contributed by atoms with Crippen molar-refractivity contribution in [1.29, 1.82) is 0 Å². The minimum atomic E-state index is -0.949. The average molecular weight is 326 g/mol. The zero-order valence-corrected chi connectivity index (χ0v) is 12.0. The van der Waals surface area contributed by atoms with Crippen LogP contribution in [0, 0.1) is 0 Å². The molecule has 0 saturated carbocycles. The van der Waals surface area contributed by atoms with Gasteiger partial charge in [0.15, 0.2) is 6.10 Å². The van der Waals surface area contributed by atoms with Crippen molar-refractivity contribution in [3.8, 4) is 5.75 Å². The zero-order chi connectivity index (χ0) is 14.0. The molecule has 0 amide bonds. The molecule has 0 aromatic heterocycles. The lowest BCUT2D eigenvalue weighted by Gasteiger charge is -2.14. The molecule has 1 aliphatic rings. The van der Waals surface area contributed by atoms with Gasteiger partial charge in [0, 0.05) is 6.07 Å². The molecule has 0 spiro atoms. The first-order valence-corrected chi connectivity index (χ1v) is 6.76. The molecule has 2 rings (SSSR count). The van der Waals surface area contributed by atoms with Gasteiger partial charge in [0.1, 0.15) is 12.4 Å². The van der Waals surface area contributed by atoms with Gasteiger partial charge in [-0.15, -0.1) is 0 Å². The van der Waals surface area contributed by atoms with Crippen molar-refractivity contribution in [1.82, 2.24) is 0 Å². The van der Waals surface area contributed by atoms with Crippen LogP contribution in [0.15, 0.2) is 12.1 Å². The minimum absolute atomic E-state index is 0.224. The average Bonchev–Trinajstić information content (AvgIpc) is 2.81. The number of halogens is 3. The lowest BCUT2D eigenvalue weighted by molar-refractivity contribution is -0.149. The fourth-order valence-electron chi connectivity index (χ4n) is 1.81. The molecule has 0 radical (unpaired) electrons. The Morgan fingerprint density at radius 1 is 1.26 bits per heavy atom. The first-order chi connectivity index (χ1) is 8.97. The number of hydrogen-bond donors (Lipinski definition) is 1. The molecule has 0 aliphatic carbocycles. The summed E-state index contributed by atoms with van der Waals surface area (Å²) < 4.78 is 10.8. The van der Waals surface area contributed by atoms with Crippen LogP contribution in [-0.4, -0.2) is 29.9 Å². The van der Waals surface area contributed by atoms with Gasteiger partial charge in [-0.2, -0.15) is 0 Å². The van der Waals surface area contributed by atoms with Crippen LogP contribution in [0.1, 0.15) is 12.8 Å². The van der Waals surface area contributed by atoms with Crippen molar-refractivity contribution in [2.45, 2.75) is 25.0 Å². The third kappa shape index (κ3) is 3.66. The van der Waals surface area contributed by atoms with Crippen molar-refractivity contribution in [2.24, 2.45) is 0 Å².